The predicted molar refractivity (Wildman–Crippen MR) is 105 cm³/mol. The van der Waals surface area contributed by atoms with Crippen molar-refractivity contribution in [1.29, 1.82) is 0 Å². The molecule has 1 atom stereocenters. The first-order valence-electron chi connectivity index (χ1n) is 8.98. The molecule has 1 aromatic heterocycles. The van der Waals surface area contributed by atoms with E-state index in [1.807, 2.05) is 22.4 Å². The molecule has 1 saturated heterocycles. The first-order chi connectivity index (χ1) is 12.7. The molecule has 0 bridgehead atoms. The van der Waals surface area contributed by atoms with Gasteiger partial charge in [0, 0.05) is 22.6 Å². The monoisotopic (exact) mass is 388 g/mol. The van der Waals surface area contributed by atoms with Gasteiger partial charge in [-0.25, -0.2) is 4.98 Å². The Balaban J connectivity index is 1.62. The number of amides is 1. The highest BCUT2D eigenvalue weighted by atomic mass is 35.5. The second kappa shape index (κ2) is 7.41. The van der Waals surface area contributed by atoms with Crippen molar-refractivity contribution >= 4 is 28.8 Å². The number of ether oxygens (including phenoxy) is 1. The van der Waals surface area contributed by atoms with Gasteiger partial charge in [0.05, 0.1) is 12.7 Å². The molecule has 2 aromatic rings. The van der Waals surface area contributed by atoms with E-state index in [2.05, 4.69) is 11.1 Å². The van der Waals surface area contributed by atoms with Gasteiger partial charge in [-0.05, 0) is 56.2 Å². The zero-order valence-electron chi connectivity index (χ0n) is 14.7. The number of rotatable bonds is 3. The minimum Gasteiger partial charge on any atom is -0.496 e. The van der Waals surface area contributed by atoms with E-state index in [1.54, 1.807) is 13.2 Å². The first kappa shape index (κ1) is 17.6. The van der Waals surface area contributed by atoms with Crippen molar-refractivity contribution in [2.75, 3.05) is 13.7 Å². The van der Waals surface area contributed by atoms with Crippen LogP contribution in [0.3, 0.4) is 0 Å². The van der Waals surface area contributed by atoms with E-state index < -0.39 is 0 Å². The maximum atomic E-state index is 13.1. The van der Waals surface area contributed by atoms with Crippen LogP contribution in [0.15, 0.2) is 35.4 Å². The van der Waals surface area contributed by atoms with E-state index >= 15 is 0 Å². The van der Waals surface area contributed by atoms with E-state index in [-0.39, 0.29) is 5.91 Å². The van der Waals surface area contributed by atoms with Crippen LogP contribution in [0.4, 0.5) is 0 Å². The normalized spacial score (nSPS) is 19.7. The number of methoxy groups -OCH3 is 1. The lowest BCUT2D eigenvalue weighted by atomic mass is 9.85. The molecule has 4 rings (SSSR count). The Kier molecular flexibility index (Phi) is 5.00. The van der Waals surface area contributed by atoms with Gasteiger partial charge in [-0.15, -0.1) is 11.3 Å². The van der Waals surface area contributed by atoms with E-state index in [1.165, 1.54) is 36.3 Å². The summed E-state index contributed by atoms with van der Waals surface area (Å²) in [7, 11) is 1.61. The molecule has 1 amide bonds. The Labute approximate surface area is 162 Å². The Bertz CT molecular complexity index is 861. The number of benzene rings is 1. The Morgan fingerprint density at radius 1 is 1.35 bits per heavy atom. The van der Waals surface area contributed by atoms with Crippen LogP contribution in [0.5, 0.6) is 5.75 Å². The summed E-state index contributed by atoms with van der Waals surface area (Å²) in [4.78, 5) is 19.6. The van der Waals surface area contributed by atoms with E-state index in [9.17, 15) is 4.79 Å². The molecule has 0 N–H and O–H groups in total. The summed E-state index contributed by atoms with van der Waals surface area (Å²) in [6, 6.07) is 5.46. The lowest BCUT2D eigenvalue weighted by Gasteiger charge is -2.37. The van der Waals surface area contributed by atoms with Crippen molar-refractivity contribution in [3.8, 4) is 16.3 Å². The quantitative estimate of drug-likeness (QED) is 0.707. The van der Waals surface area contributed by atoms with Gasteiger partial charge in [0.1, 0.15) is 16.5 Å². The molecular formula is C20H21ClN2O2S. The number of thiazole rings is 1. The number of halogens is 1. The largest absolute Gasteiger partial charge is 0.496 e. The number of hydrogen-bond acceptors (Lipinski definition) is 4. The average Bonchev–Trinajstić information content (AvgIpc) is 3.16. The standard InChI is InChI=1S/C20H21ClN2O2S/c1-25-18-11-14(21)8-9-15(18)19-22-16(12-26-19)20(24)23-10-4-6-13-5-2-3-7-17(13)23/h7-9,11-13H,2-6,10H2,1H3. The second-order valence-corrected chi connectivity index (χ2v) is 8.03. The lowest BCUT2D eigenvalue weighted by molar-refractivity contribution is 0.0744. The van der Waals surface area contributed by atoms with Crippen LogP contribution < -0.4 is 4.74 Å². The molecule has 1 aromatic carbocycles. The van der Waals surface area contributed by atoms with Gasteiger partial charge in [0.2, 0.25) is 0 Å². The van der Waals surface area contributed by atoms with Gasteiger partial charge in [-0.2, -0.15) is 0 Å². The summed E-state index contributed by atoms with van der Waals surface area (Å²) in [6.07, 6.45) is 8.00. The fourth-order valence-electron chi connectivity index (χ4n) is 3.87. The minimum absolute atomic E-state index is 0.0123. The molecule has 6 heteroatoms. The SMILES string of the molecule is COc1cc(Cl)ccc1-c1nc(C(=O)N2CCCC3CCCC=C32)cs1. The number of nitrogens with zero attached hydrogens (tertiary/aromatic N) is 2. The Hall–Kier alpha value is -1.85. The summed E-state index contributed by atoms with van der Waals surface area (Å²) < 4.78 is 5.42. The second-order valence-electron chi connectivity index (χ2n) is 6.74. The molecule has 2 heterocycles. The predicted octanol–water partition coefficient (Wildman–Crippen LogP) is 5.39. The first-order valence-corrected chi connectivity index (χ1v) is 10.2. The van der Waals surface area contributed by atoms with E-state index in [0.717, 1.165) is 30.0 Å². The molecule has 0 spiro atoms. The Morgan fingerprint density at radius 3 is 3.04 bits per heavy atom. The average molecular weight is 389 g/mol. The summed E-state index contributed by atoms with van der Waals surface area (Å²) in [6.45, 7) is 0.790. The van der Waals surface area contributed by atoms with Gasteiger partial charge < -0.3 is 9.64 Å². The molecule has 2 aliphatic rings. The molecule has 1 unspecified atom stereocenters. The molecule has 4 nitrogen and oxygen atoms in total. The third-order valence-electron chi connectivity index (χ3n) is 5.14. The molecule has 1 aliphatic heterocycles. The van der Waals surface area contributed by atoms with Crippen LogP contribution in [0.1, 0.15) is 42.6 Å². The summed E-state index contributed by atoms with van der Waals surface area (Å²) in [5, 5.41) is 3.23. The third kappa shape index (κ3) is 3.26. The number of fused-ring (bicyclic) bond motifs is 1. The van der Waals surface area contributed by atoms with Crippen molar-refractivity contribution in [3.05, 3.63) is 46.1 Å². The van der Waals surface area contributed by atoms with E-state index in [0.29, 0.717) is 22.4 Å². The summed E-state index contributed by atoms with van der Waals surface area (Å²) >= 11 is 7.50. The van der Waals surface area contributed by atoms with Gasteiger partial charge in [0.15, 0.2) is 0 Å². The maximum absolute atomic E-state index is 13.1. The van der Waals surface area contributed by atoms with Crippen LogP contribution in [-0.2, 0) is 0 Å². The summed E-state index contributed by atoms with van der Waals surface area (Å²) in [5.74, 6) is 1.22. The number of piperidine rings is 1. The van der Waals surface area contributed by atoms with Crippen LogP contribution in [0.2, 0.25) is 5.02 Å². The Morgan fingerprint density at radius 2 is 2.19 bits per heavy atom. The number of likely N-dealkylation sites (tertiary alicyclic amines) is 1. The fraction of sp³-hybridized carbons (Fsp3) is 0.400. The molecule has 136 valence electrons. The molecule has 1 aliphatic carbocycles. The minimum atomic E-state index is 0.0123. The number of allylic oxidation sites excluding steroid dienone is 2. The molecule has 1 fully saturated rings. The highest BCUT2D eigenvalue weighted by Gasteiger charge is 2.31. The number of aromatic nitrogens is 1. The smallest absolute Gasteiger partial charge is 0.277 e. The van der Waals surface area contributed by atoms with Gasteiger partial charge in [-0.3, -0.25) is 4.79 Å². The van der Waals surface area contributed by atoms with Crippen molar-refractivity contribution in [1.82, 2.24) is 9.88 Å². The van der Waals surface area contributed by atoms with Gasteiger partial charge in [0.25, 0.3) is 5.91 Å². The molecule has 0 radical (unpaired) electrons. The van der Waals surface area contributed by atoms with Crippen LogP contribution >= 0.6 is 22.9 Å². The van der Waals surface area contributed by atoms with Crippen LogP contribution in [0, 0.1) is 5.92 Å². The molecular weight excluding hydrogens is 368 g/mol. The van der Waals surface area contributed by atoms with Gasteiger partial charge >= 0.3 is 0 Å². The number of carbonyl (C=O) groups is 1. The third-order valence-corrected chi connectivity index (χ3v) is 6.25. The van der Waals surface area contributed by atoms with Gasteiger partial charge in [-0.1, -0.05) is 17.7 Å². The zero-order valence-corrected chi connectivity index (χ0v) is 16.3. The molecule has 26 heavy (non-hydrogen) atoms. The molecule has 0 saturated carbocycles. The van der Waals surface area contributed by atoms with Crippen LogP contribution in [0.25, 0.3) is 10.6 Å². The van der Waals surface area contributed by atoms with Crippen molar-refractivity contribution in [3.63, 3.8) is 0 Å². The number of carbonyl (C=O) groups excluding carboxylic acids is 1. The summed E-state index contributed by atoms with van der Waals surface area (Å²) in [5.41, 5.74) is 2.58. The van der Waals surface area contributed by atoms with E-state index in [4.69, 9.17) is 16.3 Å². The van der Waals surface area contributed by atoms with Crippen molar-refractivity contribution in [2.24, 2.45) is 5.92 Å². The zero-order chi connectivity index (χ0) is 18.1. The highest BCUT2D eigenvalue weighted by molar-refractivity contribution is 7.13. The highest BCUT2D eigenvalue weighted by Crippen LogP contribution is 2.37. The number of hydrogen-bond donors (Lipinski definition) is 0. The lowest BCUT2D eigenvalue weighted by Crippen LogP contribution is -2.39. The van der Waals surface area contributed by atoms with Crippen LogP contribution in [-0.4, -0.2) is 29.4 Å². The topological polar surface area (TPSA) is 42.4 Å². The fourth-order valence-corrected chi connectivity index (χ4v) is 4.86. The van der Waals surface area contributed by atoms with Crippen molar-refractivity contribution in [2.45, 2.75) is 32.1 Å². The maximum Gasteiger partial charge on any atom is 0.277 e. The van der Waals surface area contributed by atoms with Crippen molar-refractivity contribution < 1.29 is 9.53 Å².